The van der Waals surface area contributed by atoms with Crippen molar-refractivity contribution < 1.29 is 0 Å². The summed E-state index contributed by atoms with van der Waals surface area (Å²) in [7, 11) is 0. The van der Waals surface area contributed by atoms with Gasteiger partial charge in [-0.15, -0.1) is 11.8 Å². The molecular weight excluding hydrogens is 276 g/mol. The summed E-state index contributed by atoms with van der Waals surface area (Å²) in [6, 6.07) is 15.6. The molecule has 1 aromatic carbocycles. The maximum Gasteiger partial charge on any atom is 0.0575 e. The predicted octanol–water partition coefficient (Wildman–Crippen LogP) is 4.53. The Balaban J connectivity index is 1.78. The summed E-state index contributed by atoms with van der Waals surface area (Å²) in [6.07, 6.45) is 7.88. The molecule has 1 fully saturated rings. The number of aromatic nitrogens is 1. The molecule has 1 aromatic heterocycles. The molecule has 0 radical (unpaired) electrons. The number of hydrogen-bond donors (Lipinski definition) is 0. The number of benzene rings is 1. The van der Waals surface area contributed by atoms with Gasteiger partial charge in [0.2, 0.25) is 0 Å². The Kier molecular flexibility index (Phi) is 4.94. The number of piperidine rings is 1. The minimum absolute atomic E-state index is 0.470. The fraction of sp³-hybridized carbons (Fsp3) is 0.389. The lowest BCUT2D eigenvalue weighted by Crippen LogP contribution is -2.33. The molecule has 110 valence electrons. The normalized spacial score (nSPS) is 19.6. The summed E-state index contributed by atoms with van der Waals surface area (Å²) in [6.45, 7) is 2.19. The van der Waals surface area contributed by atoms with Crippen LogP contribution in [0.5, 0.6) is 0 Å². The van der Waals surface area contributed by atoms with Crippen molar-refractivity contribution in [2.45, 2.75) is 36.7 Å². The average Bonchev–Trinajstić information content (AvgIpc) is 2.56. The molecule has 0 bridgehead atoms. The van der Waals surface area contributed by atoms with Gasteiger partial charge in [-0.3, -0.25) is 9.88 Å². The standard InChI is InChI=1S/C18H22N2S/c1-21-16-8-6-7-15(13-16)14-20-12-5-3-10-18(20)17-9-2-4-11-19-17/h2,4,6-9,11,13,18H,3,5,10,12,14H2,1H3. The smallest absolute Gasteiger partial charge is 0.0575 e. The molecule has 1 aliphatic rings. The molecule has 0 saturated carbocycles. The van der Waals surface area contributed by atoms with E-state index in [0.29, 0.717) is 6.04 Å². The molecule has 21 heavy (non-hydrogen) atoms. The average molecular weight is 298 g/mol. The van der Waals surface area contributed by atoms with Crippen molar-refractivity contribution in [2.75, 3.05) is 12.8 Å². The second-order valence-electron chi connectivity index (χ2n) is 5.59. The highest BCUT2D eigenvalue weighted by Gasteiger charge is 2.24. The highest BCUT2D eigenvalue weighted by Crippen LogP contribution is 2.31. The van der Waals surface area contributed by atoms with Crippen LogP contribution >= 0.6 is 11.8 Å². The Labute approximate surface area is 131 Å². The van der Waals surface area contributed by atoms with Gasteiger partial charge in [0.25, 0.3) is 0 Å². The van der Waals surface area contributed by atoms with E-state index >= 15 is 0 Å². The summed E-state index contributed by atoms with van der Waals surface area (Å²) in [5, 5.41) is 0. The quantitative estimate of drug-likeness (QED) is 0.771. The van der Waals surface area contributed by atoms with Crippen LogP contribution in [0.1, 0.15) is 36.6 Å². The lowest BCUT2D eigenvalue weighted by molar-refractivity contribution is 0.137. The first-order chi connectivity index (χ1) is 10.4. The van der Waals surface area contributed by atoms with E-state index in [2.05, 4.69) is 52.5 Å². The first-order valence-electron chi connectivity index (χ1n) is 7.65. The first-order valence-corrected chi connectivity index (χ1v) is 8.87. The molecule has 1 unspecified atom stereocenters. The van der Waals surface area contributed by atoms with E-state index < -0.39 is 0 Å². The Hall–Kier alpha value is -1.32. The van der Waals surface area contributed by atoms with Gasteiger partial charge in [-0.2, -0.15) is 0 Å². The molecule has 1 atom stereocenters. The predicted molar refractivity (Wildman–Crippen MR) is 89.5 cm³/mol. The van der Waals surface area contributed by atoms with Crippen LogP contribution in [0.25, 0.3) is 0 Å². The molecule has 1 aliphatic heterocycles. The summed E-state index contributed by atoms with van der Waals surface area (Å²) < 4.78 is 0. The van der Waals surface area contributed by atoms with Crippen LogP contribution in [0.3, 0.4) is 0 Å². The van der Waals surface area contributed by atoms with Gasteiger partial charge in [0.05, 0.1) is 11.7 Å². The largest absolute Gasteiger partial charge is 0.291 e. The topological polar surface area (TPSA) is 16.1 Å². The lowest BCUT2D eigenvalue weighted by atomic mass is 9.98. The van der Waals surface area contributed by atoms with Crippen LogP contribution in [-0.4, -0.2) is 22.7 Å². The second kappa shape index (κ2) is 7.10. The van der Waals surface area contributed by atoms with Crippen molar-refractivity contribution in [1.82, 2.24) is 9.88 Å². The van der Waals surface area contributed by atoms with Gasteiger partial charge >= 0.3 is 0 Å². The maximum absolute atomic E-state index is 4.58. The van der Waals surface area contributed by atoms with Gasteiger partial charge in [0.15, 0.2) is 0 Å². The van der Waals surface area contributed by atoms with E-state index in [1.165, 1.54) is 42.0 Å². The third-order valence-electron chi connectivity index (χ3n) is 4.16. The SMILES string of the molecule is CSc1cccc(CN2CCCCC2c2ccccn2)c1. The zero-order valence-electron chi connectivity index (χ0n) is 12.5. The zero-order valence-corrected chi connectivity index (χ0v) is 13.4. The second-order valence-corrected chi connectivity index (χ2v) is 6.47. The van der Waals surface area contributed by atoms with Gasteiger partial charge in [-0.05, 0) is 55.5 Å². The highest BCUT2D eigenvalue weighted by molar-refractivity contribution is 7.98. The fourth-order valence-corrected chi connectivity index (χ4v) is 3.58. The molecule has 2 nitrogen and oxygen atoms in total. The molecule has 3 rings (SSSR count). The van der Waals surface area contributed by atoms with Crippen molar-refractivity contribution in [3.05, 3.63) is 59.9 Å². The highest BCUT2D eigenvalue weighted by atomic mass is 32.2. The van der Waals surface area contributed by atoms with Crippen molar-refractivity contribution in [3.63, 3.8) is 0 Å². The van der Waals surface area contributed by atoms with Crippen molar-refractivity contribution in [1.29, 1.82) is 0 Å². The Morgan fingerprint density at radius 2 is 2.14 bits per heavy atom. The Morgan fingerprint density at radius 3 is 2.95 bits per heavy atom. The van der Waals surface area contributed by atoms with Crippen LogP contribution in [0, 0.1) is 0 Å². The monoisotopic (exact) mass is 298 g/mol. The zero-order chi connectivity index (χ0) is 14.5. The number of hydrogen-bond acceptors (Lipinski definition) is 3. The molecule has 1 saturated heterocycles. The number of likely N-dealkylation sites (tertiary alicyclic amines) is 1. The molecule has 0 N–H and O–H groups in total. The van der Waals surface area contributed by atoms with E-state index in [0.717, 1.165) is 6.54 Å². The maximum atomic E-state index is 4.58. The van der Waals surface area contributed by atoms with Crippen molar-refractivity contribution >= 4 is 11.8 Å². The Morgan fingerprint density at radius 1 is 1.19 bits per heavy atom. The van der Waals surface area contributed by atoms with E-state index in [1.54, 1.807) is 0 Å². The number of nitrogens with zero attached hydrogens (tertiary/aromatic N) is 2. The number of thioether (sulfide) groups is 1. The molecule has 0 amide bonds. The molecular formula is C18H22N2S. The summed E-state index contributed by atoms with van der Waals surface area (Å²) in [5.41, 5.74) is 2.63. The number of pyridine rings is 1. The van der Waals surface area contributed by atoms with Crippen LogP contribution in [0.15, 0.2) is 53.6 Å². The number of rotatable bonds is 4. The third-order valence-corrected chi connectivity index (χ3v) is 4.89. The first kappa shape index (κ1) is 14.6. The van der Waals surface area contributed by atoms with Crippen LogP contribution in [0.4, 0.5) is 0 Å². The van der Waals surface area contributed by atoms with Gasteiger partial charge < -0.3 is 0 Å². The van der Waals surface area contributed by atoms with Crippen LogP contribution in [-0.2, 0) is 6.54 Å². The van der Waals surface area contributed by atoms with E-state index in [1.807, 2.05) is 24.0 Å². The fourth-order valence-electron chi connectivity index (χ4n) is 3.09. The molecule has 2 aromatic rings. The Bertz CT molecular complexity index is 570. The minimum atomic E-state index is 0.470. The van der Waals surface area contributed by atoms with E-state index in [4.69, 9.17) is 0 Å². The van der Waals surface area contributed by atoms with Crippen LogP contribution in [0.2, 0.25) is 0 Å². The van der Waals surface area contributed by atoms with Gasteiger partial charge in [0, 0.05) is 17.6 Å². The molecule has 0 aliphatic carbocycles. The van der Waals surface area contributed by atoms with Gasteiger partial charge in [-0.25, -0.2) is 0 Å². The molecule has 2 heterocycles. The third kappa shape index (κ3) is 3.66. The summed E-state index contributed by atoms with van der Waals surface area (Å²) in [4.78, 5) is 8.52. The summed E-state index contributed by atoms with van der Waals surface area (Å²) in [5.74, 6) is 0. The van der Waals surface area contributed by atoms with Gasteiger partial charge in [-0.1, -0.05) is 24.6 Å². The molecule has 3 heteroatoms. The summed E-state index contributed by atoms with van der Waals surface area (Å²) >= 11 is 1.81. The minimum Gasteiger partial charge on any atom is -0.291 e. The van der Waals surface area contributed by atoms with Gasteiger partial charge in [0.1, 0.15) is 0 Å². The van der Waals surface area contributed by atoms with Crippen molar-refractivity contribution in [2.24, 2.45) is 0 Å². The van der Waals surface area contributed by atoms with Crippen LogP contribution < -0.4 is 0 Å². The lowest BCUT2D eigenvalue weighted by Gasteiger charge is -2.35. The van der Waals surface area contributed by atoms with Crippen molar-refractivity contribution in [3.8, 4) is 0 Å². The molecule has 0 spiro atoms. The van der Waals surface area contributed by atoms with E-state index in [-0.39, 0.29) is 0 Å². The van der Waals surface area contributed by atoms with E-state index in [9.17, 15) is 0 Å².